The van der Waals surface area contributed by atoms with Crippen LogP contribution in [0.5, 0.6) is 0 Å². The molecule has 0 radical (unpaired) electrons. The summed E-state index contributed by atoms with van der Waals surface area (Å²) in [6, 6.07) is 0. The average molecular weight is 378 g/mol. The van der Waals surface area contributed by atoms with Gasteiger partial charge in [-0.2, -0.15) is 0 Å². The van der Waals surface area contributed by atoms with Crippen LogP contribution in [0.2, 0.25) is 0 Å². The molecule has 1 saturated heterocycles. The molecule has 1 aliphatic rings. The number of rotatable bonds is 7. The van der Waals surface area contributed by atoms with Gasteiger partial charge in [0.25, 0.3) is 11.8 Å². The molecule has 0 bridgehead atoms. The number of amides is 2. The highest BCUT2D eigenvalue weighted by molar-refractivity contribution is 7.07. The van der Waals surface area contributed by atoms with Crippen molar-refractivity contribution in [1.82, 2.24) is 30.2 Å². The standard InChI is InChI=1S/C16H22N6O3S/c1-25-6-4-17-15(23)13-9-22(20-19-13)8-12-3-2-5-21(7-12)16(24)14-10-26-11-18-14/h9-12H,2-8H2,1H3,(H,17,23)/t12-/m1/s1. The highest BCUT2D eigenvalue weighted by Crippen LogP contribution is 2.20. The van der Waals surface area contributed by atoms with Crippen LogP contribution in [-0.2, 0) is 11.3 Å². The smallest absolute Gasteiger partial charge is 0.273 e. The van der Waals surface area contributed by atoms with E-state index in [1.54, 1.807) is 28.9 Å². The highest BCUT2D eigenvalue weighted by Gasteiger charge is 2.26. The lowest BCUT2D eigenvalue weighted by molar-refractivity contribution is 0.0654. The molecule has 3 rings (SSSR count). The average Bonchev–Trinajstić information content (AvgIpc) is 3.33. The van der Waals surface area contributed by atoms with Crippen molar-refractivity contribution in [3.63, 3.8) is 0 Å². The summed E-state index contributed by atoms with van der Waals surface area (Å²) in [6.45, 7) is 2.91. The summed E-state index contributed by atoms with van der Waals surface area (Å²) in [5.41, 5.74) is 2.46. The molecule has 0 aliphatic carbocycles. The minimum absolute atomic E-state index is 0.0206. The number of thiazole rings is 1. The summed E-state index contributed by atoms with van der Waals surface area (Å²) in [7, 11) is 1.58. The zero-order valence-electron chi connectivity index (χ0n) is 14.6. The van der Waals surface area contributed by atoms with E-state index in [4.69, 9.17) is 4.74 Å². The van der Waals surface area contributed by atoms with Gasteiger partial charge < -0.3 is 15.0 Å². The molecule has 10 heteroatoms. The van der Waals surface area contributed by atoms with Crippen LogP contribution in [0.4, 0.5) is 0 Å². The Hall–Kier alpha value is -2.33. The lowest BCUT2D eigenvalue weighted by Crippen LogP contribution is -2.41. The number of carbonyl (C=O) groups excluding carboxylic acids is 2. The zero-order valence-corrected chi connectivity index (χ0v) is 15.4. The first kappa shape index (κ1) is 18.5. The Morgan fingerprint density at radius 3 is 3.08 bits per heavy atom. The Labute approximate surface area is 155 Å². The molecule has 9 nitrogen and oxygen atoms in total. The number of likely N-dealkylation sites (tertiary alicyclic amines) is 1. The lowest BCUT2D eigenvalue weighted by atomic mass is 9.98. The fourth-order valence-corrected chi connectivity index (χ4v) is 3.52. The van der Waals surface area contributed by atoms with Gasteiger partial charge in [0.1, 0.15) is 5.69 Å². The van der Waals surface area contributed by atoms with Crippen molar-refractivity contribution in [1.29, 1.82) is 0 Å². The van der Waals surface area contributed by atoms with E-state index < -0.39 is 0 Å². The molecule has 2 aromatic heterocycles. The predicted octanol–water partition coefficient (Wildman–Crippen LogP) is 0.663. The minimum Gasteiger partial charge on any atom is -0.383 e. The van der Waals surface area contributed by atoms with Gasteiger partial charge in [0.2, 0.25) is 0 Å². The fourth-order valence-electron chi connectivity index (χ4n) is 2.99. The van der Waals surface area contributed by atoms with Crippen LogP contribution in [0.15, 0.2) is 17.1 Å². The third-order valence-electron chi connectivity index (χ3n) is 4.27. The van der Waals surface area contributed by atoms with Crippen LogP contribution >= 0.6 is 11.3 Å². The van der Waals surface area contributed by atoms with E-state index in [0.717, 1.165) is 19.4 Å². The molecule has 0 aromatic carbocycles. The van der Waals surface area contributed by atoms with Gasteiger partial charge in [-0.3, -0.25) is 14.3 Å². The van der Waals surface area contributed by atoms with E-state index in [9.17, 15) is 9.59 Å². The second-order valence-electron chi connectivity index (χ2n) is 6.21. The molecule has 0 spiro atoms. The quantitative estimate of drug-likeness (QED) is 0.710. The summed E-state index contributed by atoms with van der Waals surface area (Å²) < 4.78 is 6.57. The Bertz CT molecular complexity index is 732. The number of aromatic nitrogens is 4. The Kier molecular flexibility index (Phi) is 6.29. The van der Waals surface area contributed by atoms with E-state index in [0.29, 0.717) is 31.9 Å². The number of carbonyl (C=O) groups is 2. The highest BCUT2D eigenvalue weighted by atomic mass is 32.1. The first-order valence-electron chi connectivity index (χ1n) is 8.52. The number of piperidine rings is 1. The first-order valence-corrected chi connectivity index (χ1v) is 9.46. The van der Waals surface area contributed by atoms with Gasteiger partial charge in [-0.15, -0.1) is 16.4 Å². The van der Waals surface area contributed by atoms with E-state index >= 15 is 0 Å². The van der Waals surface area contributed by atoms with Gasteiger partial charge in [-0.1, -0.05) is 5.21 Å². The van der Waals surface area contributed by atoms with Crippen molar-refractivity contribution in [3.05, 3.63) is 28.5 Å². The maximum absolute atomic E-state index is 12.4. The molecular formula is C16H22N6O3S. The van der Waals surface area contributed by atoms with Gasteiger partial charge in [-0.25, -0.2) is 4.98 Å². The van der Waals surface area contributed by atoms with Crippen molar-refractivity contribution >= 4 is 23.2 Å². The molecule has 140 valence electrons. The summed E-state index contributed by atoms with van der Waals surface area (Å²) in [6.07, 6.45) is 3.60. The monoisotopic (exact) mass is 378 g/mol. The summed E-state index contributed by atoms with van der Waals surface area (Å²) >= 11 is 1.42. The molecule has 1 N–H and O–H groups in total. The fraction of sp³-hybridized carbons (Fsp3) is 0.562. The van der Waals surface area contributed by atoms with Gasteiger partial charge in [0, 0.05) is 38.7 Å². The van der Waals surface area contributed by atoms with E-state index in [1.165, 1.54) is 11.3 Å². The number of ether oxygens (including phenoxy) is 1. The van der Waals surface area contributed by atoms with E-state index in [-0.39, 0.29) is 23.4 Å². The maximum atomic E-state index is 12.4. The summed E-state index contributed by atoms with van der Waals surface area (Å²) in [5.74, 6) is -0.0116. The number of nitrogens with zero attached hydrogens (tertiary/aromatic N) is 5. The number of methoxy groups -OCH3 is 1. The zero-order chi connectivity index (χ0) is 18.4. The van der Waals surface area contributed by atoms with Crippen LogP contribution in [0, 0.1) is 5.92 Å². The Balaban J connectivity index is 1.54. The predicted molar refractivity (Wildman–Crippen MR) is 95.0 cm³/mol. The summed E-state index contributed by atoms with van der Waals surface area (Å²) in [5, 5.41) is 12.5. The van der Waals surface area contributed by atoms with Gasteiger partial charge in [0.05, 0.1) is 18.3 Å². The Morgan fingerprint density at radius 1 is 1.42 bits per heavy atom. The van der Waals surface area contributed by atoms with Gasteiger partial charge in [-0.05, 0) is 18.8 Å². The van der Waals surface area contributed by atoms with E-state index in [1.807, 2.05) is 4.90 Å². The minimum atomic E-state index is -0.266. The van der Waals surface area contributed by atoms with Crippen molar-refractivity contribution < 1.29 is 14.3 Å². The summed E-state index contributed by atoms with van der Waals surface area (Å²) in [4.78, 5) is 30.4. The molecular weight excluding hydrogens is 356 g/mol. The largest absolute Gasteiger partial charge is 0.383 e. The third-order valence-corrected chi connectivity index (χ3v) is 4.85. The number of nitrogens with one attached hydrogen (secondary N) is 1. The topological polar surface area (TPSA) is 102 Å². The van der Waals surface area contributed by atoms with Crippen LogP contribution in [0.1, 0.15) is 33.8 Å². The molecule has 0 unspecified atom stereocenters. The molecule has 0 saturated carbocycles. The van der Waals surface area contributed by atoms with Crippen molar-refractivity contribution in [3.8, 4) is 0 Å². The van der Waals surface area contributed by atoms with Crippen molar-refractivity contribution in [2.75, 3.05) is 33.4 Å². The van der Waals surface area contributed by atoms with Crippen LogP contribution < -0.4 is 5.32 Å². The SMILES string of the molecule is COCCNC(=O)c1cn(C[C@@H]2CCCN(C(=O)c3cscn3)C2)nn1. The third kappa shape index (κ3) is 4.64. The molecule has 1 aliphatic heterocycles. The molecule has 1 fully saturated rings. The van der Waals surface area contributed by atoms with Crippen LogP contribution in [0.25, 0.3) is 0 Å². The first-order chi connectivity index (χ1) is 12.7. The second-order valence-corrected chi connectivity index (χ2v) is 6.93. The van der Waals surface area contributed by atoms with Crippen LogP contribution in [0.3, 0.4) is 0 Å². The molecule has 2 aromatic rings. The lowest BCUT2D eigenvalue weighted by Gasteiger charge is -2.32. The van der Waals surface area contributed by atoms with Crippen LogP contribution in [-0.4, -0.2) is 70.0 Å². The second kappa shape index (κ2) is 8.86. The maximum Gasteiger partial charge on any atom is 0.273 e. The van der Waals surface area contributed by atoms with Crippen molar-refractivity contribution in [2.24, 2.45) is 5.92 Å². The van der Waals surface area contributed by atoms with Crippen molar-refractivity contribution in [2.45, 2.75) is 19.4 Å². The number of hydrogen-bond donors (Lipinski definition) is 1. The molecule has 1 atom stereocenters. The van der Waals surface area contributed by atoms with Gasteiger partial charge >= 0.3 is 0 Å². The normalized spacial score (nSPS) is 17.3. The number of hydrogen-bond acceptors (Lipinski definition) is 7. The molecule has 2 amide bonds. The molecule has 3 heterocycles. The van der Waals surface area contributed by atoms with Gasteiger partial charge in [0.15, 0.2) is 5.69 Å². The van der Waals surface area contributed by atoms with E-state index in [2.05, 4.69) is 20.6 Å². The Morgan fingerprint density at radius 2 is 2.31 bits per heavy atom. The molecule has 26 heavy (non-hydrogen) atoms.